The van der Waals surface area contributed by atoms with Crippen LogP contribution in [-0.4, -0.2) is 39.0 Å². The number of halogens is 1. The second-order valence-corrected chi connectivity index (χ2v) is 6.41. The van der Waals surface area contributed by atoms with Gasteiger partial charge in [-0.1, -0.05) is 0 Å². The lowest BCUT2D eigenvalue weighted by atomic mass is 10.4. The molecule has 0 N–H and O–H groups in total. The average molecular weight is 297 g/mol. The Labute approximate surface area is 115 Å². The number of aryl methyl sites for hydroxylation is 1. The van der Waals surface area contributed by atoms with Crippen LogP contribution < -0.4 is 0 Å². The van der Waals surface area contributed by atoms with E-state index < -0.39 is 15.8 Å². The molecule has 20 heavy (non-hydrogen) atoms. The van der Waals surface area contributed by atoms with E-state index >= 15 is 0 Å². The van der Waals surface area contributed by atoms with Crippen molar-refractivity contribution in [3.63, 3.8) is 0 Å². The zero-order valence-electron chi connectivity index (χ0n) is 10.7. The smallest absolute Gasteiger partial charge is 0.245 e. The van der Waals surface area contributed by atoms with Crippen molar-refractivity contribution in [3.05, 3.63) is 35.9 Å². The van der Waals surface area contributed by atoms with E-state index in [1.54, 1.807) is 11.6 Å². The Morgan fingerprint density at radius 1 is 1.30 bits per heavy atom. The van der Waals surface area contributed by atoms with Crippen LogP contribution in [0.2, 0.25) is 0 Å². The molecular weight excluding hydrogens is 285 g/mol. The average Bonchev–Trinajstić information content (AvgIpc) is 2.77. The van der Waals surface area contributed by atoms with Crippen molar-refractivity contribution in [2.45, 2.75) is 24.9 Å². The van der Waals surface area contributed by atoms with Crippen LogP contribution in [0.5, 0.6) is 0 Å². The number of aromatic nitrogens is 4. The van der Waals surface area contributed by atoms with Crippen LogP contribution in [0.4, 0.5) is 4.39 Å². The standard InChI is InChI=1S/C11H12FN5O2S/c1-8-14-11-7-16(2-3-17(11)15-8)20(18,19)10-4-9(12)5-13-6-10/h4-6H,2-3,7H2,1H3. The molecule has 0 fully saturated rings. The molecule has 2 aromatic rings. The molecule has 7 nitrogen and oxygen atoms in total. The van der Waals surface area contributed by atoms with Crippen LogP contribution in [0.25, 0.3) is 0 Å². The van der Waals surface area contributed by atoms with Gasteiger partial charge in [0.25, 0.3) is 0 Å². The minimum atomic E-state index is -3.77. The fourth-order valence-electron chi connectivity index (χ4n) is 2.13. The highest BCUT2D eigenvalue weighted by molar-refractivity contribution is 7.89. The Morgan fingerprint density at radius 3 is 2.85 bits per heavy atom. The summed E-state index contributed by atoms with van der Waals surface area (Å²) in [5.41, 5.74) is 0. The minimum absolute atomic E-state index is 0.125. The summed E-state index contributed by atoms with van der Waals surface area (Å²) < 4.78 is 40.9. The Hall–Kier alpha value is -1.87. The maximum Gasteiger partial charge on any atom is 0.245 e. The third kappa shape index (κ3) is 2.18. The number of pyridine rings is 1. The van der Waals surface area contributed by atoms with Gasteiger partial charge in [-0.3, -0.25) is 4.98 Å². The maximum absolute atomic E-state index is 13.1. The van der Waals surface area contributed by atoms with Gasteiger partial charge in [0.2, 0.25) is 10.0 Å². The summed E-state index contributed by atoms with van der Waals surface area (Å²) in [5, 5.41) is 4.17. The lowest BCUT2D eigenvalue weighted by molar-refractivity contribution is 0.321. The minimum Gasteiger partial charge on any atom is -0.260 e. The summed E-state index contributed by atoms with van der Waals surface area (Å²) in [6.07, 6.45) is 2.11. The van der Waals surface area contributed by atoms with Crippen molar-refractivity contribution in [1.29, 1.82) is 0 Å². The molecule has 0 saturated carbocycles. The Balaban J connectivity index is 1.94. The van der Waals surface area contributed by atoms with Gasteiger partial charge in [0.05, 0.1) is 19.3 Å². The molecule has 0 aromatic carbocycles. The van der Waals surface area contributed by atoms with Crippen LogP contribution in [0.15, 0.2) is 23.4 Å². The zero-order valence-corrected chi connectivity index (χ0v) is 11.5. The summed E-state index contributed by atoms with van der Waals surface area (Å²) in [5.74, 6) is 0.510. The normalized spacial score (nSPS) is 16.1. The van der Waals surface area contributed by atoms with Gasteiger partial charge in [-0.25, -0.2) is 22.5 Å². The van der Waals surface area contributed by atoms with E-state index in [-0.39, 0.29) is 18.0 Å². The van der Waals surface area contributed by atoms with Crippen LogP contribution in [0.3, 0.4) is 0 Å². The monoisotopic (exact) mass is 297 g/mol. The SMILES string of the molecule is Cc1nc2n(n1)CCN(S(=O)(=O)c1cncc(F)c1)C2. The molecule has 0 spiro atoms. The molecule has 0 atom stereocenters. The highest BCUT2D eigenvalue weighted by Gasteiger charge is 2.30. The van der Waals surface area contributed by atoms with Gasteiger partial charge < -0.3 is 0 Å². The number of rotatable bonds is 2. The summed E-state index contributed by atoms with van der Waals surface area (Å²) in [6.45, 7) is 2.58. The van der Waals surface area contributed by atoms with Crippen molar-refractivity contribution in [2.24, 2.45) is 0 Å². The van der Waals surface area contributed by atoms with Crippen molar-refractivity contribution < 1.29 is 12.8 Å². The fourth-order valence-corrected chi connectivity index (χ4v) is 3.49. The van der Waals surface area contributed by atoms with Crippen LogP contribution in [0.1, 0.15) is 11.6 Å². The second kappa shape index (κ2) is 4.60. The molecule has 0 amide bonds. The molecule has 106 valence electrons. The number of sulfonamides is 1. The third-order valence-electron chi connectivity index (χ3n) is 3.05. The molecule has 0 bridgehead atoms. The molecule has 1 aliphatic heterocycles. The predicted octanol–water partition coefficient (Wildman–Crippen LogP) is 0.325. The highest BCUT2D eigenvalue weighted by Crippen LogP contribution is 2.20. The zero-order chi connectivity index (χ0) is 14.3. The van der Waals surface area contributed by atoms with E-state index in [2.05, 4.69) is 15.1 Å². The Kier molecular flexibility index (Phi) is 3.02. The number of fused-ring (bicyclic) bond motifs is 1. The van der Waals surface area contributed by atoms with Gasteiger partial charge in [0.15, 0.2) is 0 Å². The van der Waals surface area contributed by atoms with Crippen molar-refractivity contribution in [1.82, 2.24) is 24.1 Å². The lowest BCUT2D eigenvalue weighted by Crippen LogP contribution is -2.38. The summed E-state index contributed by atoms with van der Waals surface area (Å²) in [7, 11) is -3.77. The van der Waals surface area contributed by atoms with E-state index in [0.717, 1.165) is 18.5 Å². The molecule has 9 heteroatoms. The Morgan fingerprint density at radius 2 is 2.10 bits per heavy atom. The molecule has 0 saturated heterocycles. The molecule has 0 aliphatic carbocycles. The first-order valence-corrected chi connectivity index (χ1v) is 7.42. The van der Waals surface area contributed by atoms with Crippen molar-refractivity contribution >= 4 is 10.0 Å². The quantitative estimate of drug-likeness (QED) is 0.797. The molecule has 0 radical (unpaired) electrons. The topological polar surface area (TPSA) is 81.0 Å². The number of hydrogen-bond acceptors (Lipinski definition) is 5. The van der Waals surface area contributed by atoms with E-state index in [1.807, 2.05) is 0 Å². The first-order chi connectivity index (χ1) is 9.46. The summed E-state index contributed by atoms with van der Waals surface area (Å²) >= 11 is 0. The van der Waals surface area contributed by atoms with E-state index in [4.69, 9.17) is 0 Å². The summed E-state index contributed by atoms with van der Waals surface area (Å²) in [4.78, 5) is 7.61. The lowest BCUT2D eigenvalue weighted by Gasteiger charge is -2.25. The van der Waals surface area contributed by atoms with Gasteiger partial charge in [-0.05, 0) is 13.0 Å². The van der Waals surface area contributed by atoms with Gasteiger partial charge in [0.1, 0.15) is 22.4 Å². The molecule has 3 rings (SSSR count). The van der Waals surface area contributed by atoms with E-state index in [0.29, 0.717) is 18.2 Å². The van der Waals surface area contributed by atoms with Crippen molar-refractivity contribution in [2.75, 3.05) is 6.54 Å². The van der Waals surface area contributed by atoms with E-state index in [1.165, 1.54) is 4.31 Å². The maximum atomic E-state index is 13.1. The largest absolute Gasteiger partial charge is 0.260 e. The van der Waals surface area contributed by atoms with E-state index in [9.17, 15) is 12.8 Å². The predicted molar refractivity (Wildman–Crippen MR) is 66.5 cm³/mol. The number of hydrogen-bond donors (Lipinski definition) is 0. The number of nitrogens with zero attached hydrogens (tertiary/aromatic N) is 5. The molecule has 1 aliphatic rings. The molecule has 2 aromatic heterocycles. The molecular formula is C11H12FN5O2S. The second-order valence-electron chi connectivity index (χ2n) is 4.48. The van der Waals surface area contributed by atoms with Gasteiger partial charge >= 0.3 is 0 Å². The third-order valence-corrected chi connectivity index (χ3v) is 4.86. The van der Waals surface area contributed by atoms with Gasteiger partial charge in [0, 0.05) is 12.7 Å². The van der Waals surface area contributed by atoms with Gasteiger partial charge in [-0.2, -0.15) is 9.40 Å². The van der Waals surface area contributed by atoms with Crippen molar-refractivity contribution in [3.8, 4) is 0 Å². The molecule has 3 heterocycles. The van der Waals surface area contributed by atoms with Gasteiger partial charge in [-0.15, -0.1) is 0 Å². The van der Waals surface area contributed by atoms with Crippen LogP contribution in [0, 0.1) is 12.7 Å². The van der Waals surface area contributed by atoms with Crippen LogP contribution >= 0.6 is 0 Å². The fraction of sp³-hybridized carbons (Fsp3) is 0.364. The summed E-state index contributed by atoms with van der Waals surface area (Å²) in [6, 6.07) is 0.965. The highest BCUT2D eigenvalue weighted by atomic mass is 32.2. The Bertz CT molecular complexity index is 758. The first-order valence-electron chi connectivity index (χ1n) is 5.98. The van der Waals surface area contributed by atoms with Crippen LogP contribution in [-0.2, 0) is 23.1 Å². The first kappa shape index (κ1) is 13.1. The molecule has 0 unspecified atom stereocenters.